The van der Waals surface area contributed by atoms with Gasteiger partial charge in [0.05, 0.1) is 6.04 Å². The molecule has 3 rings (SSSR count). The fourth-order valence-corrected chi connectivity index (χ4v) is 2.82. The van der Waals surface area contributed by atoms with Gasteiger partial charge in [0.25, 0.3) is 5.91 Å². The van der Waals surface area contributed by atoms with Crippen molar-refractivity contribution in [3.05, 3.63) is 59.2 Å². The zero-order valence-corrected chi connectivity index (χ0v) is 14.3. The van der Waals surface area contributed by atoms with Crippen molar-refractivity contribution in [1.82, 2.24) is 5.32 Å². The maximum Gasteiger partial charge on any atom is 0.265 e. The van der Waals surface area contributed by atoms with Gasteiger partial charge in [0.1, 0.15) is 6.61 Å². The Hall–Kier alpha value is -2.49. The second kappa shape index (κ2) is 6.95. The zero-order valence-electron chi connectivity index (χ0n) is 14.3. The molecule has 2 aromatic rings. The molecule has 4 heteroatoms. The first-order valence-electron chi connectivity index (χ1n) is 8.34. The quantitative estimate of drug-likeness (QED) is 0.932. The lowest BCUT2D eigenvalue weighted by atomic mass is 9.99. The average molecular weight is 325 g/mol. The van der Waals surface area contributed by atoms with Crippen molar-refractivity contribution in [2.24, 2.45) is 0 Å². The number of aryl methyl sites for hydroxylation is 2. The topological polar surface area (TPSA) is 47.6 Å². The van der Waals surface area contributed by atoms with Gasteiger partial charge in [-0.05, 0) is 49.1 Å². The minimum absolute atomic E-state index is 0.0300. The molecule has 0 aromatic heterocycles. The van der Waals surface area contributed by atoms with Crippen LogP contribution in [0, 0.1) is 13.8 Å². The van der Waals surface area contributed by atoms with E-state index in [4.69, 9.17) is 9.47 Å². The number of hydrogen-bond donors (Lipinski definition) is 1. The molecule has 0 spiro atoms. The Bertz CT molecular complexity index is 741. The number of rotatable bonds is 4. The van der Waals surface area contributed by atoms with Gasteiger partial charge in [-0.15, -0.1) is 0 Å². The van der Waals surface area contributed by atoms with Crippen LogP contribution in [0.5, 0.6) is 11.5 Å². The summed E-state index contributed by atoms with van der Waals surface area (Å²) in [6, 6.07) is 13.7. The van der Waals surface area contributed by atoms with Crippen molar-refractivity contribution in [3.8, 4) is 11.5 Å². The Morgan fingerprint density at radius 2 is 1.92 bits per heavy atom. The number of nitrogens with one attached hydrogen (secondary N) is 1. The van der Waals surface area contributed by atoms with Crippen LogP contribution in [0.3, 0.4) is 0 Å². The Kier molecular flexibility index (Phi) is 4.74. The van der Waals surface area contributed by atoms with Crippen molar-refractivity contribution >= 4 is 5.91 Å². The smallest absolute Gasteiger partial charge is 0.265 e. The highest BCUT2D eigenvalue weighted by Crippen LogP contribution is 2.31. The normalized spacial score (nSPS) is 17.2. The van der Waals surface area contributed by atoms with E-state index in [9.17, 15) is 4.79 Å². The van der Waals surface area contributed by atoms with Gasteiger partial charge in [-0.3, -0.25) is 4.79 Å². The lowest BCUT2D eigenvalue weighted by molar-refractivity contribution is -0.131. The maximum atomic E-state index is 12.6. The summed E-state index contributed by atoms with van der Waals surface area (Å²) in [5.41, 5.74) is 3.60. The van der Waals surface area contributed by atoms with E-state index in [1.54, 1.807) is 0 Å². The van der Waals surface area contributed by atoms with E-state index in [-0.39, 0.29) is 18.6 Å². The SMILES string of the molecule is CC[C@H](NC(=O)[C@@H]1COc2ccccc2O1)c1ccc(C)c(C)c1. The monoisotopic (exact) mass is 325 g/mol. The molecule has 1 aliphatic rings. The van der Waals surface area contributed by atoms with Gasteiger partial charge in [0, 0.05) is 0 Å². The molecule has 0 bridgehead atoms. The molecule has 0 aliphatic carbocycles. The molecule has 126 valence electrons. The van der Waals surface area contributed by atoms with Crippen LogP contribution in [-0.2, 0) is 4.79 Å². The van der Waals surface area contributed by atoms with Gasteiger partial charge in [-0.25, -0.2) is 0 Å². The number of fused-ring (bicyclic) bond motifs is 1. The largest absolute Gasteiger partial charge is 0.485 e. The molecule has 0 saturated heterocycles. The first-order valence-corrected chi connectivity index (χ1v) is 8.34. The van der Waals surface area contributed by atoms with E-state index in [0.717, 1.165) is 12.0 Å². The molecule has 2 aromatic carbocycles. The van der Waals surface area contributed by atoms with E-state index in [2.05, 4.69) is 44.3 Å². The Labute approximate surface area is 142 Å². The molecule has 1 heterocycles. The van der Waals surface area contributed by atoms with Crippen LogP contribution in [0.4, 0.5) is 0 Å². The van der Waals surface area contributed by atoms with Crippen LogP contribution in [-0.4, -0.2) is 18.6 Å². The molecular formula is C20H23NO3. The van der Waals surface area contributed by atoms with Crippen LogP contribution in [0.15, 0.2) is 42.5 Å². The molecule has 1 amide bonds. The number of ether oxygens (including phenoxy) is 2. The van der Waals surface area contributed by atoms with E-state index in [1.807, 2.05) is 24.3 Å². The van der Waals surface area contributed by atoms with Crippen molar-refractivity contribution in [2.45, 2.75) is 39.3 Å². The Balaban J connectivity index is 1.70. The molecule has 2 atom stereocenters. The molecule has 1 aliphatic heterocycles. The second-order valence-electron chi connectivity index (χ2n) is 6.18. The highest BCUT2D eigenvalue weighted by molar-refractivity contribution is 5.82. The summed E-state index contributed by atoms with van der Waals surface area (Å²) >= 11 is 0. The summed E-state index contributed by atoms with van der Waals surface area (Å²) in [6.07, 6.45) is 0.193. The average Bonchev–Trinajstić information content (AvgIpc) is 2.61. The molecule has 0 radical (unpaired) electrons. The van der Waals surface area contributed by atoms with Crippen LogP contribution in [0.1, 0.15) is 36.1 Å². The fraction of sp³-hybridized carbons (Fsp3) is 0.350. The van der Waals surface area contributed by atoms with Crippen LogP contribution >= 0.6 is 0 Å². The number of hydrogen-bond acceptors (Lipinski definition) is 3. The maximum absolute atomic E-state index is 12.6. The van der Waals surface area contributed by atoms with Crippen LogP contribution < -0.4 is 14.8 Å². The van der Waals surface area contributed by atoms with Crippen molar-refractivity contribution < 1.29 is 14.3 Å². The fourth-order valence-electron chi connectivity index (χ4n) is 2.82. The standard InChI is InChI=1S/C20H23NO3/c1-4-16(15-10-9-13(2)14(3)11-15)21-20(22)19-12-23-17-7-5-6-8-18(17)24-19/h5-11,16,19H,4,12H2,1-3H3,(H,21,22)/t16-,19-/m0/s1. The van der Waals surface area contributed by atoms with Crippen molar-refractivity contribution in [2.75, 3.05) is 6.61 Å². The molecule has 0 unspecified atom stereocenters. The van der Waals surface area contributed by atoms with Gasteiger partial charge in [-0.1, -0.05) is 37.3 Å². The van der Waals surface area contributed by atoms with E-state index in [1.165, 1.54) is 11.1 Å². The lowest BCUT2D eigenvalue weighted by Crippen LogP contribution is -2.45. The van der Waals surface area contributed by atoms with Gasteiger partial charge in [0.2, 0.25) is 6.10 Å². The van der Waals surface area contributed by atoms with E-state index in [0.29, 0.717) is 11.5 Å². The Morgan fingerprint density at radius 1 is 1.17 bits per heavy atom. The summed E-state index contributed by atoms with van der Waals surface area (Å²) < 4.78 is 11.4. The van der Waals surface area contributed by atoms with E-state index >= 15 is 0 Å². The molecule has 1 N–H and O–H groups in total. The second-order valence-corrected chi connectivity index (χ2v) is 6.18. The van der Waals surface area contributed by atoms with Gasteiger partial charge >= 0.3 is 0 Å². The van der Waals surface area contributed by atoms with Gasteiger partial charge < -0.3 is 14.8 Å². The highest BCUT2D eigenvalue weighted by Gasteiger charge is 2.28. The summed E-state index contributed by atoms with van der Waals surface area (Å²) in [5, 5.41) is 3.09. The van der Waals surface area contributed by atoms with E-state index < -0.39 is 6.10 Å². The summed E-state index contributed by atoms with van der Waals surface area (Å²) in [6.45, 7) is 6.46. The summed E-state index contributed by atoms with van der Waals surface area (Å²) in [7, 11) is 0. The predicted octanol–water partition coefficient (Wildman–Crippen LogP) is 3.71. The van der Waals surface area contributed by atoms with Crippen molar-refractivity contribution in [1.29, 1.82) is 0 Å². The molecule has 0 fully saturated rings. The molecule has 0 saturated carbocycles. The number of para-hydroxylation sites is 2. The Morgan fingerprint density at radius 3 is 2.62 bits per heavy atom. The molecule has 24 heavy (non-hydrogen) atoms. The first-order chi connectivity index (χ1) is 11.6. The van der Waals surface area contributed by atoms with Crippen LogP contribution in [0.25, 0.3) is 0 Å². The molecular weight excluding hydrogens is 302 g/mol. The summed E-state index contributed by atoms with van der Waals surface area (Å²) in [4.78, 5) is 12.6. The van der Waals surface area contributed by atoms with Crippen LogP contribution in [0.2, 0.25) is 0 Å². The van der Waals surface area contributed by atoms with Gasteiger partial charge in [-0.2, -0.15) is 0 Å². The lowest BCUT2D eigenvalue weighted by Gasteiger charge is -2.27. The zero-order chi connectivity index (χ0) is 17.1. The number of amides is 1. The third kappa shape index (κ3) is 3.37. The minimum atomic E-state index is -0.625. The third-order valence-electron chi connectivity index (χ3n) is 4.46. The van der Waals surface area contributed by atoms with Gasteiger partial charge in [0.15, 0.2) is 11.5 Å². The summed E-state index contributed by atoms with van der Waals surface area (Å²) in [5.74, 6) is 1.15. The molecule has 4 nitrogen and oxygen atoms in total. The number of benzene rings is 2. The third-order valence-corrected chi connectivity index (χ3v) is 4.46. The van der Waals surface area contributed by atoms with Crippen molar-refractivity contribution in [3.63, 3.8) is 0 Å². The first kappa shape index (κ1) is 16.4. The number of carbonyl (C=O) groups is 1. The highest BCUT2D eigenvalue weighted by atomic mass is 16.6. The number of carbonyl (C=O) groups excluding carboxylic acids is 1. The predicted molar refractivity (Wildman–Crippen MR) is 93.4 cm³/mol. The minimum Gasteiger partial charge on any atom is -0.485 e.